The van der Waals surface area contributed by atoms with Gasteiger partial charge < -0.3 is 14.6 Å². The zero-order valence-corrected chi connectivity index (χ0v) is 11.6. The van der Waals surface area contributed by atoms with Crippen LogP contribution in [0.25, 0.3) is 0 Å². The normalized spacial score (nSPS) is 11.4. The van der Waals surface area contributed by atoms with Crippen LogP contribution in [0.15, 0.2) is 6.20 Å². The molecule has 0 aliphatic carbocycles. The largest absolute Gasteiger partial charge is 0.381 e. The molecule has 0 aliphatic heterocycles. The fourth-order valence-electron chi connectivity index (χ4n) is 1.41. The van der Waals surface area contributed by atoms with Crippen molar-refractivity contribution in [2.75, 3.05) is 19.8 Å². The molecule has 1 rings (SSSR count). The smallest absolute Gasteiger partial charge is 0.128 e. The summed E-state index contributed by atoms with van der Waals surface area (Å²) >= 11 is 5.89. The minimum atomic E-state index is 0.609. The molecule has 0 aromatic carbocycles. The zero-order chi connectivity index (χ0) is 12.7. The first kappa shape index (κ1) is 14.5. The second-order valence-corrected chi connectivity index (χ2v) is 4.94. The second kappa shape index (κ2) is 7.69. The summed E-state index contributed by atoms with van der Waals surface area (Å²) < 4.78 is 7.37. The molecular formula is C12H22ClN3O. The van der Waals surface area contributed by atoms with Gasteiger partial charge in [-0.1, -0.05) is 25.4 Å². The molecule has 0 aliphatic rings. The van der Waals surface area contributed by atoms with E-state index in [9.17, 15) is 0 Å². The lowest BCUT2D eigenvalue weighted by Crippen LogP contribution is -2.19. The van der Waals surface area contributed by atoms with Crippen molar-refractivity contribution in [3.8, 4) is 0 Å². The molecule has 0 saturated heterocycles. The summed E-state index contributed by atoms with van der Waals surface area (Å²) in [6, 6.07) is 0. The topological polar surface area (TPSA) is 39.1 Å². The Morgan fingerprint density at radius 2 is 2.29 bits per heavy atom. The number of hydrogen-bond donors (Lipinski definition) is 1. The number of ether oxygens (including phenoxy) is 1. The summed E-state index contributed by atoms with van der Waals surface area (Å²) in [4.78, 5) is 4.21. The molecule has 0 fully saturated rings. The second-order valence-electron chi connectivity index (χ2n) is 4.56. The van der Waals surface area contributed by atoms with Crippen LogP contribution in [0.3, 0.4) is 0 Å². The van der Waals surface area contributed by atoms with Crippen LogP contribution >= 0.6 is 11.6 Å². The molecule has 0 unspecified atom stereocenters. The Bertz CT molecular complexity index is 326. The van der Waals surface area contributed by atoms with Gasteiger partial charge in [-0.05, 0) is 18.9 Å². The average Bonchev–Trinajstić information content (AvgIpc) is 2.59. The fourth-order valence-corrected chi connectivity index (χ4v) is 1.55. The number of aromatic nitrogens is 2. The highest BCUT2D eigenvalue weighted by atomic mass is 35.5. The Morgan fingerprint density at radius 1 is 1.53 bits per heavy atom. The van der Waals surface area contributed by atoms with Crippen LogP contribution < -0.4 is 5.32 Å². The van der Waals surface area contributed by atoms with Crippen molar-refractivity contribution in [1.82, 2.24) is 14.9 Å². The van der Waals surface area contributed by atoms with Crippen LogP contribution in [0, 0.1) is 5.92 Å². The van der Waals surface area contributed by atoms with E-state index in [-0.39, 0.29) is 0 Å². The lowest BCUT2D eigenvalue weighted by atomic mass is 10.2. The summed E-state index contributed by atoms with van der Waals surface area (Å²) in [7, 11) is 1.91. The summed E-state index contributed by atoms with van der Waals surface area (Å²) in [6.45, 7) is 7.64. The van der Waals surface area contributed by atoms with Crippen LogP contribution in [0.4, 0.5) is 0 Å². The molecule has 5 heteroatoms. The maximum absolute atomic E-state index is 5.89. The van der Waals surface area contributed by atoms with Crippen LogP contribution in [0.5, 0.6) is 0 Å². The number of hydrogen-bond acceptors (Lipinski definition) is 3. The van der Waals surface area contributed by atoms with Crippen molar-refractivity contribution in [2.24, 2.45) is 13.0 Å². The van der Waals surface area contributed by atoms with Crippen LogP contribution in [-0.4, -0.2) is 29.3 Å². The quantitative estimate of drug-likeness (QED) is 0.728. The van der Waals surface area contributed by atoms with Gasteiger partial charge in [-0.2, -0.15) is 0 Å². The Hall–Kier alpha value is -0.580. The van der Waals surface area contributed by atoms with Crippen molar-refractivity contribution in [3.05, 3.63) is 17.2 Å². The summed E-state index contributed by atoms with van der Waals surface area (Å²) in [5.41, 5.74) is 0. The van der Waals surface area contributed by atoms with E-state index in [4.69, 9.17) is 16.3 Å². The molecule has 1 aromatic rings. The third kappa shape index (κ3) is 5.52. The fraction of sp³-hybridized carbons (Fsp3) is 0.750. The predicted molar refractivity (Wildman–Crippen MR) is 70.2 cm³/mol. The molecule has 0 amide bonds. The van der Waals surface area contributed by atoms with Gasteiger partial charge in [0.25, 0.3) is 0 Å². The van der Waals surface area contributed by atoms with Crippen molar-refractivity contribution >= 4 is 11.6 Å². The number of nitrogens with zero attached hydrogens (tertiary/aromatic N) is 2. The van der Waals surface area contributed by atoms with Crippen molar-refractivity contribution in [3.63, 3.8) is 0 Å². The van der Waals surface area contributed by atoms with Crippen molar-refractivity contribution in [2.45, 2.75) is 26.8 Å². The first-order chi connectivity index (χ1) is 8.11. The molecule has 1 N–H and O–H groups in total. The SMILES string of the molecule is CC(C)COCCCNCc1ncc(Cl)n1C. The Labute approximate surface area is 108 Å². The standard InChI is InChI=1S/C12H22ClN3O/c1-10(2)9-17-6-4-5-14-8-12-15-7-11(13)16(12)3/h7,10,14H,4-6,8-9H2,1-3H3. The molecule has 0 atom stereocenters. The first-order valence-corrected chi connectivity index (χ1v) is 6.43. The van der Waals surface area contributed by atoms with E-state index in [1.807, 2.05) is 11.6 Å². The monoisotopic (exact) mass is 259 g/mol. The third-order valence-electron chi connectivity index (χ3n) is 2.40. The minimum absolute atomic E-state index is 0.609. The Kier molecular flexibility index (Phi) is 6.55. The van der Waals surface area contributed by atoms with Gasteiger partial charge in [0.15, 0.2) is 0 Å². The Morgan fingerprint density at radius 3 is 2.88 bits per heavy atom. The van der Waals surface area contributed by atoms with Gasteiger partial charge in [0.05, 0.1) is 12.7 Å². The molecule has 0 bridgehead atoms. The van der Waals surface area contributed by atoms with Crippen LogP contribution in [0.1, 0.15) is 26.1 Å². The lowest BCUT2D eigenvalue weighted by molar-refractivity contribution is 0.108. The van der Waals surface area contributed by atoms with Gasteiger partial charge in [0, 0.05) is 20.3 Å². The summed E-state index contributed by atoms with van der Waals surface area (Å²) in [5.74, 6) is 1.57. The summed E-state index contributed by atoms with van der Waals surface area (Å²) in [5, 5.41) is 3.99. The molecule has 0 saturated carbocycles. The molecular weight excluding hydrogens is 238 g/mol. The Balaban J connectivity index is 2.03. The molecule has 1 aromatic heterocycles. The molecule has 1 heterocycles. The van der Waals surface area contributed by atoms with Gasteiger partial charge in [-0.25, -0.2) is 4.98 Å². The molecule has 0 radical (unpaired) electrons. The maximum Gasteiger partial charge on any atom is 0.128 e. The highest BCUT2D eigenvalue weighted by molar-refractivity contribution is 6.29. The van der Waals surface area contributed by atoms with E-state index in [1.165, 1.54) is 0 Å². The van der Waals surface area contributed by atoms with E-state index in [2.05, 4.69) is 24.1 Å². The number of halogens is 1. The minimum Gasteiger partial charge on any atom is -0.381 e. The number of imidazole rings is 1. The average molecular weight is 260 g/mol. The molecule has 17 heavy (non-hydrogen) atoms. The number of rotatable bonds is 8. The maximum atomic E-state index is 5.89. The third-order valence-corrected chi connectivity index (χ3v) is 2.76. The predicted octanol–water partition coefficient (Wildman–Crippen LogP) is 2.23. The van der Waals surface area contributed by atoms with Gasteiger partial charge in [-0.15, -0.1) is 0 Å². The van der Waals surface area contributed by atoms with Crippen molar-refractivity contribution < 1.29 is 4.74 Å². The molecule has 4 nitrogen and oxygen atoms in total. The van der Waals surface area contributed by atoms with Gasteiger partial charge >= 0.3 is 0 Å². The van der Waals surface area contributed by atoms with Crippen LogP contribution in [0.2, 0.25) is 5.15 Å². The highest BCUT2D eigenvalue weighted by Gasteiger charge is 2.02. The van der Waals surface area contributed by atoms with E-state index < -0.39 is 0 Å². The van der Waals surface area contributed by atoms with E-state index in [0.29, 0.717) is 11.1 Å². The van der Waals surface area contributed by atoms with E-state index in [0.717, 1.165) is 38.5 Å². The van der Waals surface area contributed by atoms with Crippen LogP contribution in [-0.2, 0) is 18.3 Å². The first-order valence-electron chi connectivity index (χ1n) is 6.05. The van der Waals surface area contributed by atoms with E-state index in [1.54, 1.807) is 6.20 Å². The summed E-state index contributed by atoms with van der Waals surface area (Å²) in [6.07, 6.45) is 2.69. The number of nitrogens with one attached hydrogen (secondary N) is 1. The highest BCUT2D eigenvalue weighted by Crippen LogP contribution is 2.08. The van der Waals surface area contributed by atoms with Gasteiger partial charge in [0.2, 0.25) is 0 Å². The molecule has 98 valence electrons. The zero-order valence-electron chi connectivity index (χ0n) is 10.9. The lowest BCUT2D eigenvalue weighted by Gasteiger charge is -2.07. The van der Waals surface area contributed by atoms with Crippen molar-refractivity contribution in [1.29, 1.82) is 0 Å². The van der Waals surface area contributed by atoms with E-state index >= 15 is 0 Å². The van der Waals surface area contributed by atoms with Gasteiger partial charge in [0.1, 0.15) is 11.0 Å². The molecule has 0 spiro atoms. The van der Waals surface area contributed by atoms with Gasteiger partial charge in [-0.3, -0.25) is 0 Å².